The minimum atomic E-state index is -0.305. The van der Waals surface area contributed by atoms with Crippen LogP contribution in [0.3, 0.4) is 0 Å². The van der Waals surface area contributed by atoms with E-state index in [1.54, 1.807) is 0 Å². The number of ether oxygens (including phenoxy) is 1. The van der Waals surface area contributed by atoms with Gasteiger partial charge in [0.15, 0.2) is 0 Å². The fourth-order valence-electron chi connectivity index (χ4n) is 3.56. The minimum Gasteiger partial charge on any atom is -0.378 e. The fraction of sp³-hybridized carbons (Fsp3) is 0.333. The second-order valence-electron chi connectivity index (χ2n) is 6.86. The monoisotopic (exact) mass is 364 g/mol. The first-order chi connectivity index (χ1) is 13.2. The summed E-state index contributed by atoms with van der Waals surface area (Å²) in [7, 11) is 1.99. The zero-order chi connectivity index (χ0) is 18.6. The first kappa shape index (κ1) is 17.7. The molecule has 1 fully saturated rings. The van der Waals surface area contributed by atoms with Crippen molar-refractivity contribution in [2.24, 2.45) is 7.05 Å². The van der Waals surface area contributed by atoms with Crippen LogP contribution in [-0.2, 0) is 16.6 Å². The highest BCUT2D eigenvalue weighted by Gasteiger charge is 2.24. The summed E-state index contributed by atoms with van der Waals surface area (Å²) in [5, 5.41) is 6.51. The van der Waals surface area contributed by atoms with Crippen molar-refractivity contribution in [3.05, 3.63) is 66.0 Å². The molecule has 6 nitrogen and oxygen atoms in total. The molecule has 27 heavy (non-hydrogen) atoms. The van der Waals surface area contributed by atoms with Crippen LogP contribution in [0.1, 0.15) is 23.9 Å². The van der Waals surface area contributed by atoms with Crippen LogP contribution in [0.5, 0.6) is 0 Å². The molecule has 1 aliphatic rings. The summed E-state index contributed by atoms with van der Waals surface area (Å²) in [6, 6.07) is 17.7. The molecule has 0 spiro atoms. The third kappa shape index (κ3) is 3.86. The van der Waals surface area contributed by atoms with Gasteiger partial charge in [-0.05, 0) is 17.7 Å². The molecular weight excluding hydrogens is 340 g/mol. The number of benzene rings is 2. The Labute approximate surface area is 158 Å². The van der Waals surface area contributed by atoms with Gasteiger partial charge in [0.1, 0.15) is 11.9 Å². The molecule has 1 saturated heterocycles. The Kier molecular flexibility index (Phi) is 5.18. The average molecular weight is 364 g/mol. The SMILES string of the molecule is Cn1c(C(NC(=O)CC2COCCN2)c2ccccc2)nc2ccccc21. The number of morpholine rings is 1. The van der Waals surface area contributed by atoms with Gasteiger partial charge in [0, 0.05) is 26.1 Å². The van der Waals surface area contributed by atoms with E-state index >= 15 is 0 Å². The summed E-state index contributed by atoms with van der Waals surface area (Å²) in [6.07, 6.45) is 0.382. The van der Waals surface area contributed by atoms with E-state index in [0.717, 1.165) is 29.0 Å². The van der Waals surface area contributed by atoms with Gasteiger partial charge in [-0.3, -0.25) is 4.79 Å². The van der Waals surface area contributed by atoms with Crippen LogP contribution in [0.15, 0.2) is 54.6 Å². The van der Waals surface area contributed by atoms with Crippen molar-refractivity contribution < 1.29 is 9.53 Å². The summed E-state index contributed by atoms with van der Waals surface area (Å²) in [4.78, 5) is 17.5. The molecule has 1 aliphatic heterocycles. The topological polar surface area (TPSA) is 68.2 Å². The third-order valence-corrected chi connectivity index (χ3v) is 4.95. The van der Waals surface area contributed by atoms with Crippen LogP contribution >= 0.6 is 0 Å². The number of nitrogens with zero attached hydrogens (tertiary/aromatic N) is 2. The van der Waals surface area contributed by atoms with E-state index in [2.05, 4.69) is 15.2 Å². The Hall–Kier alpha value is -2.70. The van der Waals surface area contributed by atoms with Crippen molar-refractivity contribution in [3.63, 3.8) is 0 Å². The van der Waals surface area contributed by atoms with Crippen molar-refractivity contribution in [2.45, 2.75) is 18.5 Å². The smallest absolute Gasteiger partial charge is 0.222 e. The quantitative estimate of drug-likeness (QED) is 0.728. The van der Waals surface area contributed by atoms with Crippen molar-refractivity contribution in [1.29, 1.82) is 0 Å². The molecule has 2 aromatic carbocycles. The number of aromatic nitrogens is 2. The van der Waals surface area contributed by atoms with E-state index in [4.69, 9.17) is 9.72 Å². The second-order valence-corrected chi connectivity index (χ2v) is 6.86. The molecule has 3 aromatic rings. The fourth-order valence-corrected chi connectivity index (χ4v) is 3.56. The van der Waals surface area contributed by atoms with Crippen LogP contribution in [0.2, 0.25) is 0 Å². The molecule has 2 unspecified atom stereocenters. The van der Waals surface area contributed by atoms with Gasteiger partial charge in [0.05, 0.1) is 24.2 Å². The van der Waals surface area contributed by atoms with Crippen molar-refractivity contribution in [2.75, 3.05) is 19.8 Å². The number of aryl methyl sites for hydroxylation is 1. The lowest BCUT2D eigenvalue weighted by Crippen LogP contribution is -2.44. The number of hydrogen-bond acceptors (Lipinski definition) is 4. The van der Waals surface area contributed by atoms with Crippen molar-refractivity contribution in [1.82, 2.24) is 20.2 Å². The molecular formula is C21H24N4O2. The summed E-state index contributed by atoms with van der Waals surface area (Å²) in [5.41, 5.74) is 2.98. The maximum absolute atomic E-state index is 12.8. The summed E-state index contributed by atoms with van der Waals surface area (Å²) in [6.45, 7) is 2.05. The van der Waals surface area contributed by atoms with E-state index in [0.29, 0.717) is 19.6 Å². The number of rotatable bonds is 5. The maximum Gasteiger partial charge on any atom is 0.222 e. The van der Waals surface area contributed by atoms with Crippen LogP contribution in [-0.4, -0.2) is 41.3 Å². The van der Waals surface area contributed by atoms with Crippen molar-refractivity contribution in [3.8, 4) is 0 Å². The summed E-state index contributed by atoms with van der Waals surface area (Å²) < 4.78 is 7.51. The number of nitrogens with one attached hydrogen (secondary N) is 2. The predicted octanol–water partition coefficient (Wildman–Crippen LogP) is 2.16. The van der Waals surface area contributed by atoms with E-state index in [1.807, 2.05) is 61.6 Å². The molecule has 1 aromatic heterocycles. The number of imidazole rings is 1. The molecule has 2 N–H and O–H groups in total. The van der Waals surface area contributed by atoms with Gasteiger partial charge in [0.2, 0.25) is 5.91 Å². The van der Waals surface area contributed by atoms with Gasteiger partial charge < -0.3 is 19.9 Å². The maximum atomic E-state index is 12.8. The molecule has 2 atom stereocenters. The Balaban J connectivity index is 1.63. The highest BCUT2D eigenvalue weighted by atomic mass is 16.5. The lowest BCUT2D eigenvalue weighted by atomic mass is 10.1. The second kappa shape index (κ2) is 7.90. The Bertz CT molecular complexity index is 916. The van der Waals surface area contributed by atoms with Crippen LogP contribution in [0.4, 0.5) is 0 Å². The number of fused-ring (bicyclic) bond motifs is 1. The zero-order valence-corrected chi connectivity index (χ0v) is 15.4. The third-order valence-electron chi connectivity index (χ3n) is 4.95. The van der Waals surface area contributed by atoms with Gasteiger partial charge in [0.25, 0.3) is 0 Å². The molecule has 6 heteroatoms. The highest BCUT2D eigenvalue weighted by Crippen LogP contribution is 2.25. The molecule has 4 rings (SSSR count). The molecule has 1 amide bonds. The van der Waals surface area contributed by atoms with Crippen LogP contribution < -0.4 is 10.6 Å². The van der Waals surface area contributed by atoms with Gasteiger partial charge in [-0.1, -0.05) is 42.5 Å². The summed E-state index contributed by atoms with van der Waals surface area (Å²) in [5.74, 6) is 0.808. The lowest BCUT2D eigenvalue weighted by Gasteiger charge is -2.25. The Morgan fingerprint density at radius 3 is 2.78 bits per heavy atom. The number of carbonyl (C=O) groups excluding carboxylic acids is 1. The molecule has 0 bridgehead atoms. The number of hydrogen-bond donors (Lipinski definition) is 2. The summed E-state index contributed by atoms with van der Waals surface area (Å²) >= 11 is 0. The van der Waals surface area contributed by atoms with Gasteiger partial charge in [-0.25, -0.2) is 4.98 Å². The zero-order valence-electron chi connectivity index (χ0n) is 15.4. The Morgan fingerprint density at radius 1 is 1.26 bits per heavy atom. The number of carbonyl (C=O) groups is 1. The van der Waals surface area contributed by atoms with Crippen molar-refractivity contribution >= 4 is 16.9 Å². The minimum absolute atomic E-state index is 0.0149. The number of para-hydroxylation sites is 2. The molecule has 0 saturated carbocycles. The van der Waals surface area contributed by atoms with Gasteiger partial charge in [-0.15, -0.1) is 0 Å². The molecule has 2 heterocycles. The average Bonchev–Trinajstić information content (AvgIpc) is 3.04. The number of amides is 1. The highest BCUT2D eigenvalue weighted by molar-refractivity contribution is 5.79. The lowest BCUT2D eigenvalue weighted by molar-refractivity contribution is -0.122. The van der Waals surface area contributed by atoms with Crippen LogP contribution in [0, 0.1) is 0 Å². The normalized spacial score (nSPS) is 18.3. The molecule has 0 aliphatic carbocycles. The molecule has 0 radical (unpaired) electrons. The van der Waals surface area contributed by atoms with E-state index in [9.17, 15) is 4.79 Å². The van der Waals surface area contributed by atoms with E-state index < -0.39 is 0 Å². The first-order valence-corrected chi connectivity index (χ1v) is 9.29. The van der Waals surface area contributed by atoms with E-state index in [-0.39, 0.29) is 18.0 Å². The molecule has 140 valence electrons. The standard InChI is InChI=1S/C21H24N4O2/c1-25-18-10-6-5-9-17(18)23-21(25)20(15-7-3-2-4-8-15)24-19(26)13-16-14-27-12-11-22-16/h2-10,16,20,22H,11-14H2,1H3,(H,24,26). The Morgan fingerprint density at radius 2 is 2.04 bits per heavy atom. The van der Waals surface area contributed by atoms with Gasteiger partial charge in [-0.2, -0.15) is 0 Å². The van der Waals surface area contributed by atoms with Crippen LogP contribution in [0.25, 0.3) is 11.0 Å². The predicted molar refractivity (Wildman–Crippen MR) is 104 cm³/mol. The first-order valence-electron chi connectivity index (χ1n) is 9.29. The van der Waals surface area contributed by atoms with E-state index in [1.165, 1.54) is 0 Å². The largest absolute Gasteiger partial charge is 0.378 e. The van der Waals surface area contributed by atoms with Gasteiger partial charge >= 0.3 is 0 Å².